The van der Waals surface area contributed by atoms with Crippen LogP contribution in [-0.2, 0) is 16.1 Å². The summed E-state index contributed by atoms with van der Waals surface area (Å²) in [5.41, 5.74) is -0.685. The first-order valence-corrected chi connectivity index (χ1v) is 7.28. The zero-order valence-electron chi connectivity index (χ0n) is 11.5. The lowest BCUT2D eigenvalue weighted by molar-refractivity contribution is -0.149. The van der Waals surface area contributed by atoms with E-state index in [0.717, 1.165) is 57.6 Å². The second kappa shape index (κ2) is 5.47. The minimum absolute atomic E-state index is 0.283. The van der Waals surface area contributed by atoms with Gasteiger partial charge >= 0.3 is 5.97 Å². The lowest BCUT2D eigenvalue weighted by Crippen LogP contribution is -2.34. The van der Waals surface area contributed by atoms with Crippen LogP contribution in [0, 0.1) is 5.41 Å². The third kappa shape index (κ3) is 2.42. The summed E-state index contributed by atoms with van der Waals surface area (Å²) >= 11 is 0. The fourth-order valence-corrected chi connectivity index (χ4v) is 3.35. The molecule has 7 heteroatoms. The number of ether oxygens (including phenoxy) is 1. The van der Waals surface area contributed by atoms with Gasteiger partial charge in [-0.15, -0.1) is 5.10 Å². The maximum atomic E-state index is 11.6. The van der Waals surface area contributed by atoms with Gasteiger partial charge in [0.1, 0.15) is 0 Å². The molecule has 110 valence electrons. The van der Waals surface area contributed by atoms with Crippen molar-refractivity contribution in [2.75, 3.05) is 13.2 Å². The van der Waals surface area contributed by atoms with E-state index in [1.165, 1.54) is 0 Å². The van der Waals surface area contributed by atoms with Crippen LogP contribution in [0.25, 0.3) is 0 Å². The number of carboxylic acid groups (broad SMARTS) is 1. The Balaban J connectivity index is 1.80. The minimum atomic E-state index is -0.719. The third-order valence-corrected chi connectivity index (χ3v) is 4.61. The highest BCUT2D eigenvalue weighted by molar-refractivity contribution is 5.74. The lowest BCUT2D eigenvalue weighted by Gasteiger charge is -2.26. The maximum absolute atomic E-state index is 11.6. The molecule has 1 aliphatic carbocycles. The van der Waals surface area contributed by atoms with E-state index >= 15 is 0 Å². The minimum Gasteiger partial charge on any atom is -0.481 e. The molecule has 0 bridgehead atoms. The summed E-state index contributed by atoms with van der Waals surface area (Å²) in [5, 5.41) is 21.5. The summed E-state index contributed by atoms with van der Waals surface area (Å²) < 4.78 is 7.07. The zero-order valence-corrected chi connectivity index (χ0v) is 11.5. The second-order valence-electron chi connectivity index (χ2n) is 5.87. The molecule has 1 aromatic heterocycles. The first-order valence-electron chi connectivity index (χ1n) is 7.28. The number of hydrogen-bond acceptors (Lipinski definition) is 5. The molecule has 0 atom stereocenters. The molecule has 1 aliphatic heterocycles. The molecule has 0 unspecified atom stereocenters. The molecule has 2 aliphatic rings. The molecule has 2 fully saturated rings. The highest BCUT2D eigenvalue weighted by Gasteiger charge is 2.42. The molecular formula is C13H20N4O3. The van der Waals surface area contributed by atoms with Crippen LogP contribution in [-0.4, -0.2) is 44.5 Å². The molecule has 0 aromatic carbocycles. The Hall–Kier alpha value is -1.50. The van der Waals surface area contributed by atoms with E-state index in [2.05, 4.69) is 15.5 Å². The summed E-state index contributed by atoms with van der Waals surface area (Å²) in [6.07, 6.45) is 5.19. The SMILES string of the molecule is O=C(O)C1(Cn2nnnc2C2CCOCC2)CCCC1. The largest absolute Gasteiger partial charge is 0.481 e. The average molecular weight is 280 g/mol. The standard InChI is InChI=1S/C13H20N4O3/c18-12(19)13(5-1-2-6-13)9-17-11(14-15-16-17)10-3-7-20-8-4-10/h10H,1-9H2,(H,18,19). The Morgan fingerprint density at radius 1 is 1.35 bits per heavy atom. The van der Waals surface area contributed by atoms with E-state index < -0.39 is 11.4 Å². The molecule has 1 saturated heterocycles. The summed E-state index contributed by atoms with van der Waals surface area (Å²) in [4.78, 5) is 11.6. The van der Waals surface area contributed by atoms with Gasteiger partial charge in [-0.1, -0.05) is 12.8 Å². The van der Waals surface area contributed by atoms with Crippen LogP contribution in [0.1, 0.15) is 50.3 Å². The Kier molecular flexibility index (Phi) is 3.69. The van der Waals surface area contributed by atoms with Gasteiger partial charge in [0.2, 0.25) is 0 Å². The third-order valence-electron chi connectivity index (χ3n) is 4.61. The van der Waals surface area contributed by atoms with Crippen molar-refractivity contribution in [2.45, 2.75) is 51.0 Å². The van der Waals surface area contributed by atoms with Crippen molar-refractivity contribution in [1.29, 1.82) is 0 Å². The molecule has 1 aromatic rings. The van der Waals surface area contributed by atoms with Gasteiger partial charge in [0.15, 0.2) is 5.82 Å². The molecule has 0 radical (unpaired) electrons. The Labute approximate surface area is 117 Å². The summed E-state index contributed by atoms with van der Waals surface area (Å²) in [6, 6.07) is 0. The van der Waals surface area contributed by atoms with E-state index in [4.69, 9.17) is 4.74 Å². The summed E-state index contributed by atoms with van der Waals surface area (Å²) in [7, 11) is 0. The number of rotatable bonds is 4. The normalized spacial score (nSPS) is 23.0. The highest BCUT2D eigenvalue weighted by atomic mass is 16.5. The van der Waals surface area contributed by atoms with Crippen LogP contribution < -0.4 is 0 Å². The van der Waals surface area contributed by atoms with Crippen molar-refractivity contribution in [3.05, 3.63) is 5.82 Å². The topological polar surface area (TPSA) is 90.1 Å². The summed E-state index contributed by atoms with van der Waals surface area (Å²) in [5.74, 6) is 0.384. The molecule has 20 heavy (non-hydrogen) atoms. The number of tetrazole rings is 1. The van der Waals surface area contributed by atoms with Crippen molar-refractivity contribution < 1.29 is 14.6 Å². The lowest BCUT2D eigenvalue weighted by atomic mass is 9.86. The zero-order chi connectivity index (χ0) is 14.0. The van der Waals surface area contributed by atoms with Gasteiger partial charge in [0, 0.05) is 19.1 Å². The molecule has 1 N–H and O–H groups in total. The monoisotopic (exact) mass is 280 g/mol. The Morgan fingerprint density at radius 2 is 2.05 bits per heavy atom. The second-order valence-corrected chi connectivity index (χ2v) is 5.87. The van der Waals surface area contributed by atoms with Crippen molar-refractivity contribution in [3.8, 4) is 0 Å². The van der Waals surface area contributed by atoms with Gasteiger partial charge in [-0.2, -0.15) is 0 Å². The van der Waals surface area contributed by atoms with Crippen molar-refractivity contribution in [1.82, 2.24) is 20.2 Å². The number of aliphatic carboxylic acids is 1. The quantitative estimate of drug-likeness (QED) is 0.891. The molecule has 0 amide bonds. The van der Waals surface area contributed by atoms with E-state index in [-0.39, 0.29) is 5.92 Å². The molecular weight excluding hydrogens is 260 g/mol. The van der Waals surface area contributed by atoms with Gasteiger partial charge < -0.3 is 9.84 Å². The number of nitrogens with zero attached hydrogens (tertiary/aromatic N) is 4. The first kappa shape index (κ1) is 13.5. The van der Waals surface area contributed by atoms with Gasteiger partial charge in [0.25, 0.3) is 0 Å². The van der Waals surface area contributed by atoms with E-state index in [1.54, 1.807) is 4.68 Å². The first-order chi connectivity index (χ1) is 9.71. The Morgan fingerprint density at radius 3 is 2.70 bits per heavy atom. The number of hydrogen-bond donors (Lipinski definition) is 1. The van der Waals surface area contributed by atoms with Gasteiger partial charge in [-0.25, -0.2) is 4.68 Å². The van der Waals surface area contributed by atoms with E-state index in [1.807, 2.05) is 0 Å². The van der Waals surface area contributed by atoms with E-state index in [9.17, 15) is 9.90 Å². The molecule has 1 saturated carbocycles. The van der Waals surface area contributed by atoms with E-state index in [0.29, 0.717) is 6.54 Å². The van der Waals surface area contributed by atoms with Crippen LogP contribution in [0.15, 0.2) is 0 Å². The van der Waals surface area contributed by atoms with Gasteiger partial charge in [-0.05, 0) is 36.1 Å². The molecule has 0 spiro atoms. The van der Waals surface area contributed by atoms with Crippen LogP contribution in [0.4, 0.5) is 0 Å². The fraction of sp³-hybridized carbons (Fsp3) is 0.846. The average Bonchev–Trinajstić information content (AvgIpc) is 3.10. The molecule has 3 rings (SSSR count). The van der Waals surface area contributed by atoms with Crippen LogP contribution in [0.5, 0.6) is 0 Å². The van der Waals surface area contributed by atoms with Crippen molar-refractivity contribution in [3.63, 3.8) is 0 Å². The van der Waals surface area contributed by atoms with Crippen LogP contribution in [0.2, 0.25) is 0 Å². The fourth-order valence-electron chi connectivity index (χ4n) is 3.35. The number of aromatic nitrogens is 4. The highest BCUT2D eigenvalue weighted by Crippen LogP contribution is 2.40. The smallest absolute Gasteiger partial charge is 0.311 e. The molecule has 2 heterocycles. The van der Waals surface area contributed by atoms with Gasteiger partial charge in [-0.3, -0.25) is 4.79 Å². The predicted octanol–water partition coefficient (Wildman–Crippen LogP) is 1.21. The van der Waals surface area contributed by atoms with Crippen LogP contribution >= 0.6 is 0 Å². The number of carboxylic acids is 1. The maximum Gasteiger partial charge on any atom is 0.311 e. The van der Waals surface area contributed by atoms with Crippen molar-refractivity contribution >= 4 is 5.97 Å². The van der Waals surface area contributed by atoms with Gasteiger partial charge in [0.05, 0.1) is 12.0 Å². The number of carbonyl (C=O) groups is 1. The predicted molar refractivity (Wildman–Crippen MR) is 69.1 cm³/mol. The summed E-state index contributed by atoms with van der Waals surface area (Å²) in [6.45, 7) is 1.84. The van der Waals surface area contributed by atoms with Crippen molar-refractivity contribution in [2.24, 2.45) is 5.41 Å². The van der Waals surface area contributed by atoms with Crippen LogP contribution in [0.3, 0.4) is 0 Å². The Bertz CT molecular complexity index is 476. The molecule has 7 nitrogen and oxygen atoms in total.